The predicted octanol–water partition coefficient (Wildman–Crippen LogP) is 2.32. The van der Waals surface area contributed by atoms with E-state index in [2.05, 4.69) is 0 Å². The molecule has 0 bridgehead atoms. The van der Waals surface area contributed by atoms with Gasteiger partial charge < -0.3 is 10.8 Å². The molecule has 8 heteroatoms. The summed E-state index contributed by atoms with van der Waals surface area (Å²) in [6.07, 6.45) is -0.404. The Morgan fingerprint density at radius 2 is 2.29 bits per heavy atom. The minimum Gasteiger partial charge on any atom is -0.391 e. The smallest absolute Gasteiger partial charge is 0.248 e. The Labute approximate surface area is 143 Å². The zero-order chi connectivity index (χ0) is 17.7. The standard InChI is InChI=1S/C16H24F2N2O3S/c17-16(18)4-1-2-11(8-16)12(15(22)20-23)7-14(21)13(19)6-10-3-5-24-9-10/h3,5,9,11-14,21,23H,1-2,4,6-8,19H2,(H,20,22). The largest absolute Gasteiger partial charge is 0.391 e. The highest BCUT2D eigenvalue weighted by molar-refractivity contribution is 7.07. The van der Waals surface area contributed by atoms with Crippen LogP contribution < -0.4 is 11.2 Å². The van der Waals surface area contributed by atoms with Gasteiger partial charge in [-0.2, -0.15) is 11.3 Å². The summed E-state index contributed by atoms with van der Waals surface area (Å²) in [4.78, 5) is 11.9. The fraction of sp³-hybridized carbons (Fsp3) is 0.688. The first-order valence-corrected chi connectivity index (χ1v) is 9.03. The van der Waals surface area contributed by atoms with Crippen LogP contribution in [-0.4, -0.2) is 34.3 Å². The summed E-state index contributed by atoms with van der Waals surface area (Å²) < 4.78 is 27.3. The van der Waals surface area contributed by atoms with E-state index in [1.165, 1.54) is 11.3 Å². The number of nitrogens with one attached hydrogen (secondary N) is 1. The van der Waals surface area contributed by atoms with Crippen molar-refractivity contribution in [1.29, 1.82) is 0 Å². The lowest BCUT2D eigenvalue weighted by Gasteiger charge is -2.34. The number of carbonyl (C=O) groups excluding carboxylic acids is 1. The molecule has 1 aliphatic carbocycles. The highest BCUT2D eigenvalue weighted by Gasteiger charge is 2.42. The third kappa shape index (κ3) is 5.20. The molecule has 4 unspecified atom stereocenters. The van der Waals surface area contributed by atoms with Crippen LogP contribution in [0, 0.1) is 11.8 Å². The second kappa shape index (κ2) is 8.33. The Hall–Kier alpha value is -1.09. The number of alkyl halides is 2. The molecule has 1 amide bonds. The third-order valence-electron chi connectivity index (χ3n) is 4.74. The summed E-state index contributed by atoms with van der Waals surface area (Å²) in [5.41, 5.74) is 8.52. The van der Waals surface area contributed by atoms with Crippen LogP contribution in [0.2, 0.25) is 0 Å². The number of hydrogen-bond donors (Lipinski definition) is 4. The molecule has 1 aliphatic rings. The average Bonchev–Trinajstić information content (AvgIpc) is 3.03. The first-order chi connectivity index (χ1) is 11.3. The number of nitrogens with two attached hydrogens (primary N) is 1. The Bertz CT molecular complexity index is 527. The number of aliphatic hydroxyl groups excluding tert-OH is 1. The van der Waals surface area contributed by atoms with Gasteiger partial charge in [0.05, 0.1) is 6.10 Å². The number of hydrogen-bond acceptors (Lipinski definition) is 5. The van der Waals surface area contributed by atoms with Crippen LogP contribution in [-0.2, 0) is 11.2 Å². The molecule has 0 spiro atoms. The van der Waals surface area contributed by atoms with Crippen molar-refractivity contribution >= 4 is 17.2 Å². The van der Waals surface area contributed by atoms with Gasteiger partial charge in [-0.15, -0.1) is 0 Å². The lowest BCUT2D eigenvalue weighted by molar-refractivity contribution is -0.140. The first-order valence-electron chi connectivity index (χ1n) is 8.09. The normalized spacial score (nSPS) is 24.1. The van der Waals surface area contributed by atoms with Crippen LogP contribution in [0.3, 0.4) is 0 Å². The molecule has 1 saturated carbocycles. The second-order valence-electron chi connectivity index (χ2n) is 6.60. The second-order valence-corrected chi connectivity index (χ2v) is 7.38. The summed E-state index contributed by atoms with van der Waals surface area (Å²) >= 11 is 1.52. The molecule has 2 rings (SSSR count). The molecule has 1 aromatic rings. The SMILES string of the molecule is NC(Cc1ccsc1)C(O)CC(C(=O)NO)C1CCCC(F)(F)C1. The van der Waals surface area contributed by atoms with Crippen LogP contribution in [0.15, 0.2) is 16.8 Å². The average molecular weight is 362 g/mol. The van der Waals surface area contributed by atoms with E-state index >= 15 is 0 Å². The predicted molar refractivity (Wildman–Crippen MR) is 86.9 cm³/mol. The first kappa shape index (κ1) is 19.2. The molecular weight excluding hydrogens is 338 g/mol. The van der Waals surface area contributed by atoms with Crippen LogP contribution in [0.1, 0.15) is 37.7 Å². The number of hydroxylamine groups is 1. The molecule has 5 N–H and O–H groups in total. The number of thiophene rings is 1. The summed E-state index contributed by atoms with van der Waals surface area (Å²) in [5.74, 6) is -5.01. The quantitative estimate of drug-likeness (QED) is 0.442. The molecule has 136 valence electrons. The van der Waals surface area contributed by atoms with E-state index in [1.807, 2.05) is 16.8 Å². The lowest BCUT2D eigenvalue weighted by Crippen LogP contribution is -2.44. The monoisotopic (exact) mass is 362 g/mol. The number of halogens is 2. The van der Waals surface area contributed by atoms with Gasteiger partial charge in [0.25, 0.3) is 0 Å². The molecular formula is C16H24F2N2O3S. The van der Waals surface area contributed by atoms with E-state index in [0.29, 0.717) is 19.3 Å². The number of carbonyl (C=O) groups is 1. The summed E-state index contributed by atoms with van der Waals surface area (Å²) in [7, 11) is 0. The van der Waals surface area contributed by atoms with E-state index in [-0.39, 0.29) is 12.8 Å². The Kier molecular flexibility index (Phi) is 6.68. The Morgan fingerprint density at radius 3 is 2.88 bits per heavy atom. The van der Waals surface area contributed by atoms with Crippen molar-refractivity contribution in [1.82, 2.24) is 5.48 Å². The fourth-order valence-corrected chi connectivity index (χ4v) is 4.08. The van der Waals surface area contributed by atoms with Crippen molar-refractivity contribution in [3.8, 4) is 0 Å². The summed E-state index contributed by atoms with van der Waals surface area (Å²) in [6, 6.07) is 1.30. The van der Waals surface area contributed by atoms with Gasteiger partial charge in [-0.25, -0.2) is 14.3 Å². The van der Waals surface area contributed by atoms with E-state index in [1.54, 1.807) is 5.48 Å². The molecule has 0 aromatic carbocycles. The van der Waals surface area contributed by atoms with Gasteiger partial charge >= 0.3 is 0 Å². The zero-order valence-corrected chi connectivity index (χ0v) is 14.1. The van der Waals surface area contributed by atoms with Crippen LogP contribution in [0.25, 0.3) is 0 Å². The summed E-state index contributed by atoms with van der Waals surface area (Å²) in [6.45, 7) is 0. The van der Waals surface area contributed by atoms with Gasteiger partial charge in [-0.1, -0.05) is 0 Å². The van der Waals surface area contributed by atoms with Gasteiger partial charge in [0.2, 0.25) is 11.8 Å². The van der Waals surface area contributed by atoms with Crippen molar-refractivity contribution in [2.24, 2.45) is 17.6 Å². The van der Waals surface area contributed by atoms with Crippen molar-refractivity contribution < 1.29 is 23.9 Å². The highest BCUT2D eigenvalue weighted by atomic mass is 32.1. The third-order valence-corrected chi connectivity index (χ3v) is 5.47. The maximum atomic E-state index is 13.7. The van der Waals surface area contributed by atoms with Crippen LogP contribution in [0.5, 0.6) is 0 Å². The molecule has 24 heavy (non-hydrogen) atoms. The lowest BCUT2D eigenvalue weighted by atomic mass is 9.75. The molecule has 1 heterocycles. The van der Waals surface area contributed by atoms with Gasteiger partial charge in [0, 0.05) is 24.8 Å². The Balaban J connectivity index is 2.01. The molecule has 1 aromatic heterocycles. The molecule has 0 radical (unpaired) electrons. The molecule has 5 nitrogen and oxygen atoms in total. The topological polar surface area (TPSA) is 95.6 Å². The van der Waals surface area contributed by atoms with Crippen molar-refractivity contribution in [3.63, 3.8) is 0 Å². The van der Waals surface area contributed by atoms with E-state index < -0.39 is 42.2 Å². The van der Waals surface area contributed by atoms with Crippen molar-refractivity contribution in [3.05, 3.63) is 22.4 Å². The molecule has 4 atom stereocenters. The molecule has 0 saturated heterocycles. The number of aliphatic hydroxyl groups is 1. The molecule has 1 fully saturated rings. The maximum absolute atomic E-state index is 13.7. The van der Waals surface area contributed by atoms with Gasteiger partial charge in [-0.3, -0.25) is 10.0 Å². The van der Waals surface area contributed by atoms with E-state index in [9.17, 15) is 18.7 Å². The highest BCUT2D eigenvalue weighted by Crippen LogP contribution is 2.41. The number of amides is 1. The zero-order valence-electron chi connectivity index (χ0n) is 13.3. The van der Waals surface area contributed by atoms with E-state index in [4.69, 9.17) is 10.9 Å². The molecule has 0 aliphatic heterocycles. The minimum absolute atomic E-state index is 0.0432. The van der Waals surface area contributed by atoms with Gasteiger partial charge in [0.15, 0.2) is 0 Å². The maximum Gasteiger partial charge on any atom is 0.248 e. The van der Waals surface area contributed by atoms with Crippen LogP contribution in [0.4, 0.5) is 8.78 Å². The van der Waals surface area contributed by atoms with Crippen molar-refractivity contribution in [2.45, 2.75) is 56.6 Å². The number of rotatable bonds is 7. The van der Waals surface area contributed by atoms with Crippen molar-refractivity contribution in [2.75, 3.05) is 0 Å². The Morgan fingerprint density at radius 1 is 1.54 bits per heavy atom. The van der Waals surface area contributed by atoms with Crippen LogP contribution >= 0.6 is 11.3 Å². The van der Waals surface area contributed by atoms with Gasteiger partial charge in [0.1, 0.15) is 0 Å². The van der Waals surface area contributed by atoms with E-state index in [0.717, 1.165) is 5.56 Å². The summed E-state index contributed by atoms with van der Waals surface area (Å²) in [5, 5.41) is 23.1. The van der Waals surface area contributed by atoms with Gasteiger partial charge in [-0.05, 0) is 54.0 Å². The fourth-order valence-electron chi connectivity index (χ4n) is 3.40. The minimum atomic E-state index is -2.80.